The van der Waals surface area contributed by atoms with E-state index >= 15 is 0 Å². The first-order valence-electron chi connectivity index (χ1n) is 5.79. The molecule has 0 bridgehead atoms. The highest BCUT2D eigenvalue weighted by Crippen LogP contribution is 2.44. The fraction of sp³-hybridized carbons (Fsp3) is 1.00. The Balaban J connectivity index is 2.80. The lowest BCUT2D eigenvalue weighted by atomic mass is 9.64. The molecule has 1 aliphatic carbocycles. The number of rotatable bonds is 4. The number of hydrogen-bond acceptors (Lipinski definition) is 3. The number of aliphatic hydroxyl groups is 2. The molecule has 0 aromatic rings. The van der Waals surface area contributed by atoms with E-state index in [-0.39, 0.29) is 6.61 Å². The van der Waals surface area contributed by atoms with E-state index in [4.69, 9.17) is 4.74 Å². The second kappa shape index (κ2) is 4.81. The molecule has 1 saturated carbocycles. The van der Waals surface area contributed by atoms with Crippen molar-refractivity contribution in [2.45, 2.75) is 45.1 Å². The van der Waals surface area contributed by atoms with Crippen molar-refractivity contribution >= 4 is 0 Å². The third-order valence-electron chi connectivity index (χ3n) is 3.91. The summed E-state index contributed by atoms with van der Waals surface area (Å²) in [5.74, 6) is 0.534. The summed E-state index contributed by atoms with van der Waals surface area (Å²) in [7, 11) is 1.61. The minimum atomic E-state index is -0.768. The van der Waals surface area contributed by atoms with Crippen LogP contribution in [-0.4, -0.2) is 36.1 Å². The van der Waals surface area contributed by atoms with E-state index in [1.165, 1.54) is 6.42 Å². The quantitative estimate of drug-likeness (QED) is 0.750. The summed E-state index contributed by atoms with van der Waals surface area (Å²) in [5.41, 5.74) is -1.30. The summed E-state index contributed by atoms with van der Waals surface area (Å²) < 4.78 is 5.13. The zero-order valence-corrected chi connectivity index (χ0v) is 10.1. The van der Waals surface area contributed by atoms with Gasteiger partial charge in [0.25, 0.3) is 0 Å². The number of ether oxygens (including phenoxy) is 1. The average molecular weight is 216 g/mol. The van der Waals surface area contributed by atoms with E-state index in [1.807, 2.05) is 6.92 Å². The van der Waals surface area contributed by atoms with Gasteiger partial charge in [-0.3, -0.25) is 0 Å². The largest absolute Gasteiger partial charge is 0.396 e. The van der Waals surface area contributed by atoms with Crippen LogP contribution in [0.15, 0.2) is 0 Å². The van der Waals surface area contributed by atoms with Crippen molar-refractivity contribution in [3.63, 3.8) is 0 Å². The summed E-state index contributed by atoms with van der Waals surface area (Å²) in [4.78, 5) is 0. The predicted octanol–water partition coefficient (Wildman–Crippen LogP) is 1.57. The Morgan fingerprint density at radius 3 is 2.67 bits per heavy atom. The maximum Gasteiger partial charge on any atom is 0.0747 e. The van der Waals surface area contributed by atoms with Gasteiger partial charge in [-0.2, -0.15) is 0 Å². The molecule has 3 heteroatoms. The van der Waals surface area contributed by atoms with E-state index in [0.29, 0.717) is 12.5 Å². The first-order valence-corrected chi connectivity index (χ1v) is 5.79. The van der Waals surface area contributed by atoms with Crippen molar-refractivity contribution < 1.29 is 14.9 Å². The molecule has 3 nitrogen and oxygen atoms in total. The maximum absolute atomic E-state index is 10.7. The van der Waals surface area contributed by atoms with Crippen LogP contribution in [0.4, 0.5) is 0 Å². The second-order valence-electron chi connectivity index (χ2n) is 5.38. The Morgan fingerprint density at radius 1 is 1.53 bits per heavy atom. The van der Waals surface area contributed by atoms with E-state index < -0.39 is 11.0 Å². The van der Waals surface area contributed by atoms with Crippen molar-refractivity contribution in [3.8, 4) is 0 Å². The number of methoxy groups -OCH3 is 1. The molecule has 0 amide bonds. The summed E-state index contributed by atoms with van der Waals surface area (Å²) >= 11 is 0. The zero-order chi connectivity index (χ0) is 11.5. The van der Waals surface area contributed by atoms with Crippen LogP contribution >= 0.6 is 0 Å². The Kier molecular flexibility index (Phi) is 4.15. The molecule has 90 valence electrons. The topological polar surface area (TPSA) is 49.7 Å². The van der Waals surface area contributed by atoms with Crippen molar-refractivity contribution in [3.05, 3.63) is 0 Å². The highest BCUT2D eigenvalue weighted by molar-refractivity contribution is 4.98. The second-order valence-corrected chi connectivity index (χ2v) is 5.38. The molecule has 0 spiro atoms. The third kappa shape index (κ3) is 2.52. The Bertz CT molecular complexity index is 207. The minimum Gasteiger partial charge on any atom is -0.396 e. The SMILES string of the molecule is COCC(C)(CO)C1(O)CCCC(C)C1. The van der Waals surface area contributed by atoms with Gasteiger partial charge in [-0.1, -0.05) is 26.7 Å². The molecule has 0 aromatic carbocycles. The standard InChI is InChI=1S/C12H24O3/c1-10-5-4-6-12(14,7-10)11(2,8-13)9-15-3/h10,13-14H,4-9H2,1-3H3. The van der Waals surface area contributed by atoms with Gasteiger partial charge in [-0.25, -0.2) is 0 Å². The van der Waals surface area contributed by atoms with Crippen molar-refractivity contribution in [1.29, 1.82) is 0 Å². The van der Waals surface area contributed by atoms with Gasteiger partial charge in [0.2, 0.25) is 0 Å². The van der Waals surface area contributed by atoms with Gasteiger partial charge in [0.1, 0.15) is 0 Å². The lowest BCUT2D eigenvalue weighted by Crippen LogP contribution is -2.53. The van der Waals surface area contributed by atoms with Gasteiger partial charge in [-0.15, -0.1) is 0 Å². The van der Waals surface area contributed by atoms with Crippen LogP contribution in [0.3, 0.4) is 0 Å². The van der Waals surface area contributed by atoms with Crippen LogP contribution in [-0.2, 0) is 4.74 Å². The van der Waals surface area contributed by atoms with E-state index in [0.717, 1.165) is 19.3 Å². The normalized spacial score (nSPS) is 36.2. The van der Waals surface area contributed by atoms with Crippen LogP contribution < -0.4 is 0 Å². The molecule has 1 fully saturated rings. The molecule has 0 heterocycles. The molecule has 15 heavy (non-hydrogen) atoms. The highest BCUT2D eigenvalue weighted by atomic mass is 16.5. The molecule has 0 saturated heterocycles. The lowest BCUT2D eigenvalue weighted by Gasteiger charge is -2.47. The molecule has 0 aromatic heterocycles. The smallest absolute Gasteiger partial charge is 0.0747 e. The summed E-state index contributed by atoms with van der Waals surface area (Å²) in [6.07, 6.45) is 3.76. The molecule has 1 aliphatic rings. The van der Waals surface area contributed by atoms with E-state index in [9.17, 15) is 10.2 Å². The van der Waals surface area contributed by atoms with Crippen LogP contribution in [0.2, 0.25) is 0 Å². The molecule has 1 rings (SSSR count). The molecule has 2 N–H and O–H groups in total. The maximum atomic E-state index is 10.7. The van der Waals surface area contributed by atoms with Crippen LogP contribution in [0.1, 0.15) is 39.5 Å². The third-order valence-corrected chi connectivity index (χ3v) is 3.91. The minimum absolute atomic E-state index is 0.0238. The van der Waals surface area contributed by atoms with Gasteiger partial charge in [0, 0.05) is 12.5 Å². The molecular formula is C12H24O3. The Hall–Kier alpha value is -0.120. The van der Waals surface area contributed by atoms with Gasteiger partial charge in [0.05, 0.1) is 18.8 Å². The fourth-order valence-electron chi connectivity index (χ4n) is 2.72. The lowest BCUT2D eigenvalue weighted by molar-refractivity contribution is -0.153. The summed E-state index contributed by atoms with van der Waals surface area (Å²) in [5, 5.41) is 20.1. The van der Waals surface area contributed by atoms with Gasteiger partial charge < -0.3 is 14.9 Å². The van der Waals surface area contributed by atoms with Crippen LogP contribution in [0.5, 0.6) is 0 Å². The van der Waals surface area contributed by atoms with Gasteiger partial charge in [0.15, 0.2) is 0 Å². The van der Waals surface area contributed by atoms with Crippen molar-refractivity contribution in [2.75, 3.05) is 20.3 Å². The highest BCUT2D eigenvalue weighted by Gasteiger charge is 2.48. The van der Waals surface area contributed by atoms with Crippen LogP contribution in [0.25, 0.3) is 0 Å². The van der Waals surface area contributed by atoms with Crippen molar-refractivity contribution in [1.82, 2.24) is 0 Å². The first-order chi connectivity index (χ1) is 6.97. The first kappa shape index (κ1) is 12.9. The number of aliphatic hydroxyl groups excluding tert-OH is 1. The van der Waals surface area contributed by atoms with Crippen molar-refractivity contribution in [2.24, 2.45) is 11.3 Å². The molecule has 0 aliphatic heterocycles. The van der Waals surface area contributed by atoms with Gasteiger partial charge in [-0.05, 0) is 18.8 Å². The predicted molar refractivity (Wildman–Crippen MR) is 59.7 cm³/mol. The molecular weight excluding hydrogens is 192 g/mol. The molecule has 3 unspecified atom stereocenters. The molecule has 3 atom stereocenters. The fourth-order valence-corrected chi connectivity index (χ4v) is 2.72. The van der Waals surface area contributed by atoms with E-state index in [1.54, 1.807) is 7.11 Å². The van der Waals surface area contributed by atoms with Gasteiger partial charge >= 0.3 is 0 Å². The molecule has 0 radical (unpaired) electrons. The summed E-state index contributed by atoms with van der Waals surface area (Å²) in [6, 6.07) is 0. The average Bonchev–Trinajstić information content (AvgIpc) is 2.17. The van der Waals surface area contributed by atoms with E-state index in [2.05, 4.69) is 6.92 Å². The Morgan fingerprint density at radius 2 is 2.20 bits per heavy atom. The summed E-state index contributed by atoms with van der Waals surface area (Å²) in [6.45, 7) is 4.46. The monoisotopic (exact) mass is 216 g/mol. The zero-order valence-electron chi connectivity index (χ0n) is 10.1. The number of hydrogen-bond donors (Lipinski definition) is 2. The van der Waals surface area contributed by atoms with Crippen LogP contribution in [0, 0.1) is 11.3 Å². The Labute approximate surface area is 92.4 Å².